The van der Waals surface area contributed by atoms with Gasteiger partial charge in [0.2, 0.25) is 0 Å². The number of ether oxygens (including phenoxy) is 2. The first-order chi connectivity index (χ1) is 15.2. The highest BCUT2D eigenvalue weighted by Gasteiger charge is 2.18. The van der Waals surface area contributed by atoms with Crippen LogP contribution in [0.3, 0.4) is 0 Å². The van der Waals surface area contributed by atoms with Gasteiger partial charge in [0.1, 0.15) is 5.75 Å². The van der Waals surface area contributed by atoms with Crippen LogP contribution in [0, 0.1) is 0 Å². The summed E-state index contributed by atoms with van der Waals surface area (Å²) in [5.74, 6) is 0.256. The van der Waals surface area contributed by atoms with Crippen molar-refractivity contribution >= 4 is 17.5 Å². The van der Waals surface area contributed by atoms with Crippen molar-refractivity contribution in [2.24, 2.45) is 0 Å². The average Bonchev–Trinajstić information content (AvgIpc) is 2.84. The Hall–Kier alpha value is -3.64. The fourth-order valence-corrected chi connectivity index (χ4v) is 3.44. The Labute approximate surface area is 181 Å². The van der Waals surface area contributed by atoms with Gasteiger partial charge >= 0.3 is 0 Å². The zero-order chi connectivity index (χ0) is 21.5. The molecule has 6 nitrogen and oxygen atoms in total. The van der Waals surface area contributed by atoms with Crippen molar-refractivity contribution < 1.29 is 19.1 Å². The molecule has 3 aromatic carbocycles. The lowest BCUT2D eigenvalue weighted by Gasteiger charge is -2.26. The number of hydrogen-bond acceptors (Lipinski definition) is 4. The van der Waals surface area contributed by atoms with Gasteiger partial charge in [-0.05, 0) is 35.9 Å². The molecule has 0 aromatic heterocycles. The van der Waals surface area contributed by atoms with E-state index in [2.05, 4.69) is 5.32 Å². The van der Waals surface area contributed by atoms with Crippen LogP contribution in [0.1, 0.15) is 10.4 Å². The maximum atomic E-state index is 12.5. The maximum absolute atomic E-state index is 12.5. The number of anilines is 1. The molecule has 1 saturated heterocycles. The van der Waals surface area contributed by atoms with E-state index in [0.717, 1.165) is 16.8 Å². The predicted octanol–water partition coefficient (Wildman–Crippen LogP) is 3.84. The number of carbonyl (C=O) groups is 2. The van der Waals surface area contributed by atoms with E-state index in [4.69, 9.17) is 9.47 Å². The second-order valence-electron chi connectivity index (χ2n) is 7.18. The SMILES string of the molecule is O=C(COc1ccc(C(=O)N2CCOCC2)cc1)Nc1ccccc1-c1ccccc1. The number of morpholine rings is 1. The van der Waals surface area contributed by atoms with Gasteiger partial charge in [0.15, 0.2) is 6.61 Å². The molecule has 1 heterocycles. The van der Waals surface area contributed by atoms with Crippen LogP contribution in [0.4, 0.5) is 5.69 Å². The van der Waals surface area contributed by atoms with E-state index in [9.17, 15) is 9.59 Å². The largest absolute Gasteiger partial charge is 0.484 e. The molecular weight excluding hydrogens is 392 g/mol. The van der Waals surface area contributed by atoms with Gasteiger partial charge in [0, 0.05) is 29.9 Å². The summed E-state index contributed by atoms with van der Waals surface area (Å²) >= 11 is 0. The molecule has 1 fully saturated rings. The fourth-order valence-electron chi connectivity index (χ4n) is 3.44. The van der Waals surface area contributed by atoms with Gasteiger partial charge in [-0.15, -0.1) is 0 Å². The summed E-state index contributed by atoms with van der Waals surface area (Å²) in [4.78, 5) is 26.7. The van der Waals surface area contributed by atoms with Gasteiger partial charge in [0.25, 0.3) is 11.8 Å². The van der Waals surface area contributed by atoms with E-state index < -0.39 is 0 Å². The van der Waals surface area contributed by atoms with E-state index in [-0.39, 0.29) is 18.4 Å². The van der Waals surface area contributed by atoms with Crippen molar-refractivity contribution in [1.29, 1.82) is 0 Å². The molecule has 1 aliphatic rings. The first-order valence-electron chi connectivity index (χ1n) is 10.2. The molecule has 4 rings (SSSR count). The molecule has 0 unspecified atom stereocenters. The molecule has 0 bridgehead atoms. The zero-order valence-electron chi connectivity index (χ0n) is 17.1. The quantitative estimate of drug-likeness (QED) is 0.663. The minimum absolute atomic E-state index is 0.0230. The molecule has 158 valence electrons. The van der Waals surface area contributed by atoms with Crippen LogP contribution < -0.4 is 10.1 Å². The molecule has 0 spiro atoms. The number of amides is 2. The topological polar surface area (TPSA) is 67.9 Å². The number of nitrogens with zero attached hydrogens (tertiary/aromatic N) is 1. The van der Waals surface area contributed by atoms with E-state index >= 15 is 0 Å². The Bertz CT molecular complexity index is 1030. The Balaban J connectivity index is 1.34. The van der Waals surface area contributed by atoms with Gasteiger partial charge in [-0.1, -0.05) is 48.5 Å². The summed E-state index contributed by atoms with van der Waals surface area (Å²) < 4.78 is 10.9. The summed E-state index contributed by atoms with van der Waals surface area (Å²) in [5.41, 5.74) is 3.30. The molecule has 0 radical (unpaired) electrons. The van der Waals surface area contributed by atoms with Crippen LogP contribution in [0.2, 0.25) is 0 Å². The van der Waals surface area contributed by atoms with E-state index in [1.54, 1.807) is 29.2 Å². The van der Waals surface area contributed by atoms with E-state index in [0.29, 0.717) is 37.6 Å². The van der Waals surface area contributed by atoms with Gasteiger partial charge < -0.3 is 19.7 Å². The lowest BCUT2D eigenvalue weighted by molar-refractivity contribution is -0.118. The smallest absolute Gasteiger partial charge is 0.262 e. The monoisotopic (exact) mass is 416 g/mol. The highest BCUT2D eigenvalue weighted by Crippen LogP contribution is 2.27. The van der Waals surface area contributed by atoms with Crippen LogP contribution in [-0.2, 0) is 9.53 Å². The summed E-state index contributed by atoms with van der Waals surface area (Å²) in [6.07, 6.45) is 0. The third-order valence-corrected chi connectivity index (χ3v) is 5.06. The van der Waals surface area contributed by atoms with Crippen molar-refractivity contribution in [3.8, 4) is 16.9 Å². The molecule has 0 aliphatic carbocycles. The highest BCUT2D eigenvalue weighted by atomic mass is 16.5. The molecular formula is C25H24N2O4. The summed E-state index contributed by atoms with van der Waals surface area (Å²) in [5, 5.41) is 2.92. The van der Waals surface area contributed by atoms with Crippen molar-refractivity contribution in [2.75, 3.05) is 38.2 Å². The average molecular weight is 416 g/mol. The molecule has 31 heavy (non-hydrogen) atoms. The number of para-hydroxylation sites is 1. The van der Waals surface area contributed by atoms with Crippen LogP contribution >= 0.6 is 0 Å². The number of nitrogens with one attached hydrogen (secondary N) is 1. The van der Waals surface area contributed by atoms with Gasteiger partial charge in [-0.3, -0.25) is 9.59 Å². The summed E-state index contributed by atoms with van der Waals surface area (Å²) in [7, 11) is 0. The van der Waals surface area contributed by atoms with E-state index in [1.165, 1.54) is 0 Å². The molecule has 1 aliphatic heterocycles. The highest BCUT2D eigenvalue weighted by molar-refractivity contribution is 5.96. The number of carbonyl (C=O) groups excluding carboxylic acids is 2. The standard InChI is InChI=1S/C25H24N2O4/c28-24(26-23-9-5-4-8-22(23)19-6-2-1-3-7-19)18-31-21-12-10-20(11-13-21)25(29)27-14-16-30-17-15-27/h1-13H,14-18H2,(H,26,28). The first-order valence-corrected chi connectivity index (χ1v) is 10.2. The molecule has 3 aromatic rings. The predicted molar refractivity (Wildman–Crippen MR) is 119 cm³/mol. The summed E-state index contributed by atoms with van der Waals surface area (Å²) in [6, 6.07) is 24.4. The third-order valence-electron chi connectivity index (χ3n) is 5.06. The third kappa shape index (κ3) is 5.29. The Morgan fingerprint density at radius 2 is 1.55 bits per heavy atom. The van der Waals surface area contributed by atoms with Gasteiger partial charge in [0.05, 0.1) is 13.2 Å². The Kier molecular flexibility index (Phi) is 6.59. The first kappa shape index (κ1) is 20.6. The number of hydrogen-bond donors (Lipinski definition) is 1. The molecule has 1 N–H and O–H groups in total. The lowest BCUT2D eigenvalue weighted by atomic mass is 10.0. The molecule has 2 amide bonds. The normalized spacial score (nSPS) is 13.5. The minimum atomic E-state index is -0.253. The molecule has 6 heteroatoms. The number of benzene rings is 3. The lowest BCUT2D eigenvalue weighted by Crippen LogP contribution is -2.40. The fraction of sp³-hybridized carbons (Fsp3) is 0.200. The summed E-state index contributed by atoms with van der Waals surface area (Å²) in [6.45, 7) is 2.20. The second-order valence-corrected chi connectivity index (χ2v) is 7.18. The van der Waals surface area contributed by atoms with Crippen molar-refractivity contribution in [3.63, 3.8) is 0 Å². The zero-order valence-corrected chi connectivity index (χ0v) is 17.1. The number of rotatable bonds is 6. The van der Waals surface area contributed by atoms with Crippen LogP contribution in [0.5, 0.6) is 5.75 Å². The van der Waals surface area contributed by atoms with Gasteiger partial charge in [-0.2, -0.15) is 0 Å². The van der Waals surface area contributed by atoms with Crippen molar-refractivity contribution in [1.82, 2.24) is 4.90 Å². The van der Waals surface area contributed by atoms with Crippen LogP contribution in [0.25, 0.3) is 11.1 Å². The Morgan fingerprint density at radius 1 is 0.871 bits per heavy atom. The second kappa shape index (κ2) is 9.91. The molecule has 0 atom stereocenters. The minimum Gasteiger partial charge on any atom is -0.484 e. The van der Waals surface area contributed by atoms with Gasteiger partial charge in [-0.25, -0.2) is 0 Å². The van der Waals surface area contributed by atoms with E-state index in [1.807, 2.05) is 54.6 Å². The molecule has 0 saturated carbocycles. The van der Waals surface area contributed by atoms with Crippen molar-refractivity contribution in [3.05, 3.63) is 84.4 Å². The maximum Gasteiger partial charge on any atom is 0.262 e. The van der Waals surface area contributed by atoms with Crippen LogP contribution in [-0.4, -0.2) is 49.6 Å². The Morgan fingerprint density at radius 3 is 2.29 bits per heavy atom. The van der Waals surface area contributed by atoms with Crippen LogP contribution in [0.15, 0.2) is 78.9 Å². The van der Waals surface area contributed by atoms with Crippen molar-refractivity contribution in [2.45, 2.75) is 0 Å².